The number of aromatic nitrogens is 1. The van der Waals surface area contributed by atoms with E-state index in [1.54, 1.807) is 13.0 Å². The third kappa shape index (κ3) is 2.97. The van der Waals surface area contributed by atoms with Crippen LogP contribution >= 0.6 is 0 Å². The second-order valence-corrected chi connectivity index (χ2v) is 5.36. The van der Waals surface area contributed by atoms with E-state index >= 15 is 0 Å². The zero-order chi connectivity index (χ0) is 17.5. The molecule has 1 saturated heterocycles. The third-order valence-corrected chi connectivity index (χ3v) is 3.59. The van der Waals surface area contributed by atoms with Gasteiger partial charge in [0.1, 0.15) is 6.04 Å². The lowest BCUT2D eigenvalue weighted by Gasteiger charge is -2.12. The number of aryl methyl sites for hydroxylation is 1. The van der Waals surface area contributed by atoms with Gasteiger partial charge in [0.15, 0.2) is 5.76 Å². The number of rotatable bonds is 3. The number of urea groups is 1. The van der Waals surface area contributed by atoms with Crippen LogP contribution in [-0.2, 0) is 17.5 Å². The minimum atomic E-state index is -4.46. The highest BCUT2D eigenvalue weighted by atomic mass is 19.4. The number of benzene rings is 1. The first-order valence-electron chi connectivity index (χ1n) is 6.97. The van der Waals surface area contributed by atoms with Crippen LogP contribution in [0.25, 0.3) is 0 Å². The number of nitrogens with zero attached hydrogens (tertiary/aromatic N) is 2. The standard InChI is InChI=1S/C15H12F3N3O3/c1-8-6-11(24-20-8)7-21-13(22)12(19-14(21)23)9-2-4-10(5-3-9)15(16,17)18/h2-6,12H,7H2,1H3,(H,19,23). The average molecular weight is 339 g/mol. The Hall–Kier alpha value is -2.84. The Balaban J connectivity index is 1.78. The molecular formula is C15H12F3N3O3. The van der Waals surface area contributed by atoms with E-state index in [1.165, 1.54) is 12.1 Å². The number of alkyl halides is 3. The number of imide groups is 1. The molecule has 1 aliphatic heterocycles. The highest BCUT2D eigenvalue weighted by molar-refractivity contribution is 6.04. The van der Waals surface area contributed by atoms with E-state index in [1.807, 2.05) is 0 Å². The van der Waals surface area contributed by atoms with Gasteiger partial charge in [0, 0.05) is 6.07 Å². The van der Waals surface area contributed by atoms with E-state index in [2.05, 4.69) is 10.5 Å². The molecule has 6 nitrogen and oxygen atoms in total. The van der Waals surface area contributed by atoms with Crippen LogP contribution in [-0.4, -0.2) is 22.0 Å². The second-order valence-electron chi connectivity index (χ2n) is 5.36. The van der Waals surface area contributed by atoms with Gasteiger partial charge in [-0.25, -0.2) is 4.79 Å². The minimum Gasteiger partial charge on any atom is -0.359 e. The molecule has 24 heavy (non-hydrogen) atoms. The first-order valence-corrected chi connectivity index (χ1v) is 6.97. The van der Waals surface area contributed by atoms with Crippen LogP contribution in [0.15, 0.2) is 34.9 Å². The summed E-state index contributed by atoms with van der Waals surface area (Å²) in [4.78, 5) is 25.3. The molecule has 0 aliphatic carbocycles. The number of amides is 3. The highest BCUT2D eigenvalue weighted by Gasteiger charge is 2.40. The monoisotopic (exact) mass is 339 g/mol. The van der Waals surface area contributed by atoms with E-state index in [9.17, 15) is 22.8 Å². The Bertz CT molecular complexity index is 783. The summed E-state index contributed by atoms with van der Waals surface area (Å²) in [6.45, 7) is 1.60. The van der Waals surface area contributed by atoms with Crippen molar-refractivity contribution in [1.29, 1.82) is 0 Å². The molecule has 9 heteroatoms. The van der Waals surface area contributed by atoms with Crippen LogP contribution in [0.1, 0.15) is 28.6 Å². The van der Waals surface area contributed by atoms with Gasteiger partial charge in [-0.3, -0.25) is 9.69 Å². The largest absolute Gasteiger partial charge is 0.416 e. The van der Waals surface area contributed by atoms with Crippen LogP contribution in [0.5, 0.6) is 0 Å². The maximum Gasteiger partial charge on any atom is 0.416 e. The average Bonchev–Trinajstić information content (AvgIpc) is 3.05. The topological polar surface area (TPSA) is 75.4 Å². The number of halogens is 3. The summed E-state index contributed by atoms with van der Waals surface area (Å²) in [5.41, 5.74) is 0.0611. The maximum atomic E-state index is 12.6. The Morgan fingerprint density at radius 3 is 2.46 bits per heavy atom. The number of hydrogen-bond acceptors (Lipinski definition) is 4. The van der Waals surface area contributed by atoms with Crippen molar-refractivity contribution in [3.63, 3.8) is 0 Å². The molecule has 2 heterocycles. The quantitative estimate of drug-likeness (QED) is 0.873. The molecule has 2 aromatic rings. The number of carbonyl (C=O) groups excluding carboxylic acids is 2. The predicted octanol–water partition coefficient (Wildman–Crippen LogP) is 2.79. The second kappa shape index (κ2) is 5.66. The van der Waals surface area contributed by atoms with E-state index in [0.717, 1.165) is 17.0 Å². The van der Waals surface area contributed by atoms with Crippen LogP contribution < -0.4 is 5.32 Å². The molecule has 0 saturated carbocycles. The molecule has 1 N–H and O–H groups in total. The molecule has 0 spiro atoms. The summed E-state index contributed by atoms with van der Waals surface area (Å²) in [6.07, 6.45) is -4.46. The van der Waals surface area contributed by atoms with Gasteiger partial charge >= 0.3 is 12.2 Å². The van der Waals surface area contributed by atoms with Crippen LogP contribution in [0.4, 0.5) is 18.0 Å². The van der Waals surface area contributed by atoms with Gasteiger partial charge in [0.2, 0.25) is 0 Å². The fraction of sp³-hybridized carbons (Fsp3) is 0.267. The summed E-state index contributed by atoms with van der Waals surface area (Å²) >= 11 is 0. The molecule has 1 fully saturated rings. The fourth-order valence-electron chi connectivity index (χ4n) is 2.41. The summed E-state index contributed by atoms with van der Waals surface area (Å²) in [5, 5.41) is 6.12. The fourth-order valence-corrected chi connectivity index (χ4v) is 2.41. The molecule has 126 valence electrons. The van der Waals surface area contributed by atoms with Crippen molar-refractivity contribution in [2.75, 3.05) is 0 Å². The SMILES string of the molecule is Cc1cc(CN2C(=O)NC(c3ccc(C(F)(F)F)cc3)C2=O)on1. The molecule has 3 rings (SSSR count). The van der Waals surface area contributed by atoms with E-state index in [0.29, 0.717) is 11.5 Å². The Labute approximate surface area is 134 Å². The lowest BCUT2D eigenvalue weighted by molar-refractivity contribution is -0.137. The van der Waals surface area contributed by atoms with Crippen LogP contribution in [0, 0.1) is 6.92 Å². The van der Waals surface area contributed by atoms with Crippen molar-refractivity contribution in [3.8, 4) is 0 Å². The van der Waals surface area contributed by atoms with Crippen molar-refractivity contribution < 1.29 is 27.3 Å². The molecule has 0 bridgehead atoms. The Morgan fingerprint density at radius 2 is 1.92 bits per heavy atom. The molecule has 3 amide bonds. The normalized spacial score (nSPS) is 18.2. The molecular weight excluding hydrogens is 327 g/mol. The highest BCUT2D eigenvalue weighted by Crippen LogP contribution is 2.31. The zero-order valence-corrected chi connectivity index (χ0v) is 12.4. The Kier molecular flexibility index (Phi) is 3.78. The van der Waals surface area contributed by atoms with Gasteiger partial charge in [-0.1, -0.05) is 17.3 Å². The van der Waals surface area contributed by atoms with Crippen molar-refractivity contribution in [3.05, 3.63) is 52.9 Å². The van der Waals surface area contributed by atoms with Gasteiger partial charge < -0.3 is 9.84 Å². The summed E-state index contributed by atoms with van der Waals surface area (Å²) in [5.74, 6) is -0.224. The van der Waals surface area contributed by atoms with E-state index in [-0.39, 0.29) is 12.1 Å². The number of carbonyl (C=O) groups is 2. The van der Waals surface area contributed by atoms with Gasteiger partial charge in [-0.15, -0.1) is 0 Å². The molecule has 1 aromatic carbocycles. The van der Waals surface area contributed by atoms with Crippen molar-refractivity contribution in [2.24, 2.45) is 0 Å². The summed E-state index contributed by atoms with van der Waals surface area (Å²) in [6, 6.07) is 4.02. The van der Waals surface area contributed by atoms with E-state index in [4.69, 9.17) is 4.52 Å². The number of nitrogens with one attached hydrogen (secondary N) is 1. The molecule has 0 radical (unpaired) electrons. The molecule has 1 aromatic heterocycles. The smallest absolute Gasteiger partial charge is 0.359 e. The molecule has 1 atom stereocenters. The maximum absolute atomic E-state index is 12.6. The molecule has 1 unspecified atom stereocenters. The molecule has 1 aliphatic rings. The lowest BCUT2D eigenvalue weighted by atomic mass is 10.0. The summed E-state index contributed by atoms with van der Waals surface area (Å²) in [7, 11) is 0. The third-order valence-electron chi connectivity index (χ3n) is 3.59. The zero-order valence-electron chi connectivity index (χ0n) is 12.4. The van der Waals surface area contributed by atoms with Crippen molar-refractivity contribution in [2.45, 2.75) is 25.7 Å². The summed E-state index contributed by atoms with van der Waals surface area (Å²) < 4.78 is 42.7. The Morgan fingerprint density at radius 1 is 1.25 bits per heavy atom. The van der Waals surface area contributed by atoms with Gasteiger partial charge in [0.25, 0.3) is 5.91 Å². The lowest BCUT2D eigenvalue weighted by Crippen LogP contribution is -2.30. The van der Waals surface area contributed by atoms with Crippen LogP contribution in [0.2, 0.25) is 0 Å². The van der Waals surface area contributed by atoms with Crippen molar-refractivity contribution >= 4 is 11.9 Å². The van der Waals surface area contributed by atoms with E-state index < -0.39 is 29.7 Å². The van der Waals surface area contributed by atoms with Gasteiger partial charge in [-0.05, 0) is 24.6 Å². The van der Waals surface area contributed by atoms with Crippen LogP contribution in [0.3, 0.4) is 0 Å². The van der Waals surface area contributed by atoms with Gasteiger partial charge in [-0.2, -0.15) is 13.2 Å². The first kappa shape index (κ1) is 16.0. The van der Waals surface area contributed by atoms with Gasteiger partial charge in [0.05, 0.1) is 17.8 Å². The first-order chi connectivity index (χ1) is 11.3. The predicted molar refractivity (Wildman–Crippen MR) is 74.5 cm³/mol. The number of hydrogen-bond donors (Lipinski definition) is 1. The van der Waals surface area contributed by atoms with Crippen molar-refractivity contribution in [1.82, 2.24) is 15.4 Å². The minimum absolute atomic E-state index is 0.0946.